The van der Waals surface area contributed by atoms with Crippen LogP contribution >= 0.6 is 0 Å². The molecule has 0 unspecified atom stereocenters. The highest BCUT2D eigenvalue weighted by Crippen LogP contribution is 2.28. The molecule has 0 atom stereocenters. The number of hydrogen-bond donors (Lipinski definition) is 0. The summed E-state index contributed by atoms with van der Waals surface area (Å²) in [5, 5.41) is 0. The van der Waals surface area contributed by atoms with Gasteiger partial charge in [0.1, 0.15) is 5.69 Å². The summed E-state index contributed by atoms with van der Waals surface area (Å²) < 4.78 is 13.0. The minimum absolute atomic E-state index is 0.0267. The molecule has 0 aliphatic rings. The molecule has 2 rings (SSSR count). The van der Waals surface area contributed by atoms with Crippen LogP contribution in [0.4, 0.5) is 0 Å². The molecule has 0 aliphatic carbocycles. The molecule has 0 aromatic carbocycles. The summed E-state index contributed by atoms with van der Waals surface area (Å²) in [5.74, 6) is 0.917. The number of nitrogens with zero attached hydrogens (tertiary/aromatic N) is 3. The summed E-state index contributed by atoms with van der Waals surface area (Å²) in [7, 11) is 3.00. The maximum Gasteiger partial charge on any atom is 0.331 e. The topological polar surface area (TPSA) is 75.3 Å². The van der Waals surface area contributed by atoms with Crippen molar-refractivity contribution in [2.45, 2.75) is 20.0 Å². The van der Waals surface area contributed by atoms with Crippen LogP contribution < -0.4 is 20.7 Å². The Kier molecular flexibility index (Phi) is 4.42. The van der Waals surface area contributed by atoms with Crippen LogP contribution in [0, 0.1) is 0 Å². The zero-order valence-electron chi connectivity index (χ0n) is 12.2. The molecule has 0 saturated carbocycles. The molecule has 0 saturated heterocycles. The average molecular weight is 291 g/mol. The average Bonchev–Trinajstić information content (AvgIpc) is 2.51. The Hall–Kier alpha value is -2.57. The molecule has 2 aromatic heterocycles. The quantitative estimate of drug-likeness (QED) is 0.801. The second kappa shape index (κ2) is 6.25. The molecule has 0 radical (unpaired) electrons. The summed E-state index contributed by atoms with van der Waals surface area (Å²) >= 11 is 0. The predicted molar refractivity (Wildman–Crippen MR) is 77.1 cm³/mol. The fourth-order valence-electron chi connectivity index (χ4n) is 2.06. The van der Waals surface area contributed by atoms with Crippen molar-refractivity contribution in [1.29, 1.82) is 0 Å². The van der Waals surface area contributed by atoms with Gasteiger partial charge < -0.3 is 14.0 Å². The Morgan fingerprint density at radius 2 is 1.95 bits per heavy atom. The normalized spacial score (nSPS) is 10.4. The lowest BCUT2D eigenvalue weighted by Gasteiger charge is -2.13. The van der Waals surface area contributed by atoms with Gasteiger partial charge in [0.15, 0.2) is 11.5 Å². The molecule has 21 heavy (non-hydrogen) atoms. The largest absolute Gasteiger partial charge is 0.493 e. The highest BCUT2D eigenvalue weighted by Gasteiger charge is 2.14. The van der Waals surface area contributed by atoms with Gasteiger partial charge in [-0.3, -0.25) is 14.3 Å². The Balaban J connectivity index is 2.53. The lowest BCUT2D eigenvalue weighted by atomic mass is 10.3. The number of methoxy groups -OCH3 is 2. The minimum Gasteiger partial charge on any atom is -0.493 e. The van der Waals surface area contributed by atoms with E-state index in [0.29, 0.717) is 23.7 Å². The number of rotatable bonds is 5. The Labute approximate surface area is 121 Å². The van der Waals surface area contributed by atoms with Crippen LogP contribution in [0.3, 0.4) is 0 Å². The smallest absolute Gasteiger partial charge is 0.331 e. The maximum absolute atomic E-state index is 12.2. The molecule has 0 spiro atoms. The Morgan fingerprint density at radius 1 is 1.19 bits per heavy atom. The van der Waals surface area contributed by atoms with E-state index in [4.69, 9.17) is 9.47 Å². The van der Waals surface area contributed by atoms with E-state index >= 15 is 0 Å². The molecular weight excluding hydrogens is 274 g/mol. The molecule has 2 heterocycles. The monoisotopic (exact) mass is 291 g/mol. The van der Waals surface area contributed by atoms with Crippen LogP contribution in [0.5, 0.6) is 11.5 Å². The van der Waals surface area contributed by atoms with Gasteiger partial charge in [-0.25, -0.2) is 4.79 Å². The first-order valence-corrected chi connectivity index (χ1v) is 6.48. The fourth-order valence-corrected chi connectivity index (χ4v) is 2.06. The van der Waals surface area contributed by atoms with Gasteiger partial charge in [-0.2, -0.15) is 0 Å². The predicted octanol–water partition coefficient (Wildman–Crippen LogP) is 0.490. The van der Waals surface area contributed by atoms with Crippen LogP contribution in [0.15, 0.2) is 34.1 Å². The van der Waals surface area contributed by atoms with Gasteiger partial charge in [-0.05, 0) is 6.92 Å². The third-order valence-electron chi connectivity index (χ3n) is 3.15. The number of aromatic nitrogens is 3. The molecule has 2 aromatic rings. The Morgan fingerprint density at radius 3 is 2.57 bits per heavy atom. The van der Waals surface area contributed by atoms with Crippen molar-refractivity contribution >= 4 is 0 Å². The third kappa shape index (κ3) is 2.81. The van der Waals surface area contributed by atoms with Gasteiger partial charge >= 0.3 is 5.69 Å². The fraction of sp³-hybridized carbons (Fsp3) is 0.357. The number of ether oxygens (including phenoxy) is 2. The van der Waals surface area contributed by atoms with Crippen LogP contribution in [-0.2, 0) is 13.1 Å². The van der Waals surface area contributed by atoms with E-state index in [9.17, 15) is 9.59 Å². The maximum atomic E-state index is 12.2. The molecule has 0 aliphatic heterocycles. The van der Waals surface area contributed by atoms with E-state index in [2.05, 4.69) is 4.98 Å². The van der Waals surface area contributed by atoms with Crippen molar-refractivity contribution in [2.75, 3.05) is 14.2 Å². The van der Waals surface area contributed by atoms with Gasteiger partial charge in [0.25, 0.3) is 5.56 Å². The first-order chi connectivity index (χ1) is 10.1. The van der Waals surface area contributed by atoms with Crippen molar-refractivity contribution in [3.8, 4) is 11.5 Å². The first-order valence-electron chi connectivity index (χ1n) is 6.48. The van der Waals surface area contributed by atoms with E-state index in [1.807, 2.05) is 6.92 Å². The van der Waals surface area contributed by atoms with Crippen LogP contribution in [0.25, 0.3) is 0 Å². The van der Waals surface area contributed by atoms with E-state index < -0.39 is 0 Å². The molecular formula is C14H17N3O4. The van der Waals surface area contributed by atoms with Gasteiger partial charge in [-0.15, -0.1) is 0 Å². The van der Waals surface area contributed by atoms with Gasteiger partial charge in [0.2, 0.25) is 0 Å². The summed E-state index contributed by atoms with van der Waals surface area (Å²) in [6.45, 7) is 2.35. The van der Waals surface area contributed by atoms with Gasteiger partial charge in [-0.1, -0.05) is 0 Å². The number of aryl methyl sites for hydroxylation is 1. The lowest BCUT2D eigenvalue weighted by Crippen LogP contribution is -2.39. The van der Waals surface area contributed by atoms with Gasteiger partial charge in [0, 0.05) is 31.1 Å². The highest BCUT2D eigenvalue weighted by molar-refractivity contribution is 5.42. The third-order valence-corrected chi connectivity index (χ3v) is 3.15. The van der Waals surface area contributed by atoms with Crippen LogP contribution in [0.2, 0.25) is 0 Å². The number of pyridine rings is 1. The summed E-state index contributed by atoms with van der Waals surface area (Å²) in [5.41, 5.74) is -0.294. The second-order valence-corrected chi connectivity index (χ2v) is 4.30. The summed E-state index contributed by atoms with van der Waals surface area (Å²) in [4.78, 5) is 28.3. The van der Waals surface area contributed by atoms with Crippen molar-refractivity contribution in [2.24, 2.45) is 0 Å². The number of hydrogen-bond acceptors (Lipinski definition) is 5. The molecule has 0 amide bonds. The van der Waals surface area contributed by atoms with E-state index in [0.717, 1.165) is 4.57 Å². The summed E-state index contributed by atoms with van der Waals surface area (Å²) in [6.07, 6.45) is 3.03. The van der Waals surface area contributed by atoms with E-state index in [1.165, 1.54) is 31.0 Å². The lowest BCUT2D eigenvalue weighted by molar-refractivity contribution is 0.348. The molecule has 112 valence electrons. The highest BCUT2D eigenvalue weighted by atomic mass is 16.5. The SMILES string of the molecule is CCn1ccc(=O)n(Cc2nccc(OC)c2OC)c1=O. The zero-order chi connectivity index (χ0) is 15.4. The van der Waals surface area contributed by atoms with Crippen molar-refractivity contribution in [3.63, 3.8) is 0 Å². The van der Waals surface area contributed by atoms with Crippen LogP contribution in [0.1, 0.15) is 12.6 Å². The molecule has 7 nitrogen and oxygen atoms in total. The second-order valence-electron chi connectivity index (χ2n) is 4.30. The van der Waals surface area contributed by atoms with Crippen molar-refractivity contribution in [3.05, 3.63) is 51.1 Å². The molecule has 0 bridgehead atoms. The molecule has 7 heteroatoms. The standard InChI is InChI=1S/C14H17N3O4/c1-4-16-8-6-12(18)17(14(16)19)9-10-13(21-3)11(20-2)5-7-15-10/h5-8H,4,9H2,1-3H3. The van der Waals surface area contributed by atoms with Crippen molar-refractivity contribution in [1.82, 2.24) is 14.1 Å². The molecule has 0 fully saturated rings. The minimum atomic E-state index is -0.378. The van der Waals surface area contributed by atoms with Gasteiger partial charge in [0.05, 0.1) is 20.8 Å². The van der Waals surface area contributed by atoms with Crippen molar-refractivity contribution < 1.29 is 9.47 Å². The summed E-state index contributed by atoms with van der Waals surface area (Å²) in [6, 6.07) is 3.01. The Bertz CT molecular complexity index is 749. The van der Waals surface area contributed by atoms with E-state index in [1.54, 1.807) is 12.3 Å². The molecule has 0 N–H and O–H groups in total. The zero-order valence-corrected chi connectivity index (χ0v) is 12.2. The van der Waals surface area contributed by atoms with Crippen LogP contribution in [-0.4, -0.2) is 28.3 Å². The first kappa shape index (κ1) is 14.8. The van der Waals surface area contributed by atoms with E-state index in [-0.39, 0.29) is 17.8 Å².